The third-order valence-corrected chi connectivity index (χ3v) is 4.71. The summed E-state index contributed by atoms with van der Waals surface area (Å²) in [5.74, 6) is 1.96. The summed E-state index contributed by atoms with van der Waals surface area (Å²) in [7, 11) is 0. The van der Waals surface area contributed by atoms with Crippen molar-refractivity contribution in [1.82, 2.24) is 25.0 Å². The first-order chi connectivity index (χ1) is 9.58. The van der Waals surface area contributed by atoms with E-state index in [1.54, 1.807) is 6.33 Å². The molecule has 0 spiro atoms. The van der Waals surface area contributed by atoms with Gasteiger partial charge in [0.2, 0.25) is 0 Å². The van der Waals surface area contributed by atoms with Crippen LogP contribution >= 0.6 is 0 Å². The first-order valence-electron chi connectivity index (χ1n) is 7.94. The highest BCUT2D eigenvalue weighted by molar-refractivity contribution is 5.01. The van der Waals surface area contributed by atoms with Gasteiger partial charge >= 0.3 is 0 Å². The van der Waals surface area contributed by atoms with Gasteiger partial charge in [0.15, 0.2) is 0 Å². The Labute approximate surface area is 121 Å². The van der Waals surface area contributed by atoms with Crippen molar-refractivity contribution >= 4 is 0 Å². The highest BCUT2D eigenvalue weighted by Gasteiger charge is 2.43. The molecule has 5 heteroatoms. The van der Waals surface area contributed by atoms with Crippen LogP contribution in [-0.4, -0.2) is 44.8 Å². The molecular formula is C15H27N5. The van der Waals surface area contributed by atoms with E-state index in [0.717, 1.165) is 37.9 Å². The summed E-state index contributed by atoms with van der Waals surface area (Å²) in [6.45, 7) is 11.1. The van der Waals surface area contributed by atoms with Gasteiger partial charge in [0.1, 0.15) is 12.2 Å². The Morgan fingerprint density at radius 3 is 2.95 bits per heavy atom. The third kappa shape index (κ3) is 2.88. The summed E-state index contributed by atoms with van der Waals surface area (Å²) in [6, 6.07) is 0.382. The van der Waals surface area contributed by atoms with Crippen LogP contribution in [0.3, 0.4) is 0 Å². The first-order valence-corrected chi connectivity index (χ1v) is 7.94. The molecular weight excluding hydrogens is 250 g/mol. The number of nitrogens with zero attached hydrogens (tertiary/aromatic N) is 4. The molecule has 0 aromatic carbocycles. The van der Waals surface area contributed by atoms with Crippen LogP contribution in [0.4, 0.5) is 0 Å². The highest BCUT2D eigenvalue weighted by Crippen LogP contribution is 2.40. The van der Waals surface area contributed by atoms with Gasteiger partial charge in [-0.2, -0.15) is 5.10 Å². The normalized spacial score (nSPS) is 28.8. The van der Waals surface area contributed by atoms with Crippen LogP contribution in [0.2, 0.25) is 0 Å². The highest BCUT2D eigenvalue weighted by atomic mass is 15.4. The predicted octanol–water partition coefficient (Wildman–Crippen LogP) is 1.82. The molecule has 2 heterocycles. The van der Waals surface area contributed by atoms with E-state index in [1.807, 2.05) is 4.68 Å². The molecule has 20 heavy (non-hydrogen) atoms. The maximum absolute atomic E-state index is 4.46. The van der Waals surface area contributed by atoms with Crippen LogP contribution in [0.1, 0.15) is 51.9 Å². The molecule has 0 radical (unpaired) electrons. The SMILES string of the molecule is CC(C)n1ncnc1CN1CCCNC(C)(C2CC2)C1. The van der Waals surface area contributed by atoms with Gasteiger partial charge < -0.3 is 5.32 Å². The Hall–Kier alpha value is -0.940. The van der Waals surface area contributed by atoms with E-state index >= 15 is 0 Å². The molecule has 0 bridgehead atoms. The second kappa shape index (κ2) is 5.45. The predicted molar refractivity (Wildman–Crippen MR) is 79.4 cm³/mol. The van der Waals surface area contributed by atoms with E-state index in [4.69, 9.17) is 0 Å². The molecule has 112 valence electrons. The van der Waals surface area contributed by atoms with Crippen molar-refractivity contribution in [2.45, 2.75) is 58.2 Å². The fraction of sp³-hybridized carbons (Fsp3) is 0.867. The lowest BCUT2D eigenvalue weighted by Crippen LogP contribution is -2.50. The van der Waals surface area contributed by atoms with Gasteiger partial charge in [0.05, 0.1) is 6.54 Å². The van der Waals surface area contributed by atoms with E-state index in [2.05, 4.69) is 41.1 Å². The molecule has 5 nitrogen and oxygen atoms in total. The van der Waals surface area contributed by atoms with Gasteiger partial charge in [-0.1, -0.05) is 0 Å². The molecule has 1 aliphatic carbocycles. The number of nitrogens with one attached hydrogen (secondary N) is 1. The second-order valence-electron chi connectivity index (χ2n) is 6.90. The zero-order valence-corrected chi connectivity index (χ0v) is 13.0. The lowest BCUT2D eigenvalue weighted by molar-refractivity contribution is 0.188. The standard InChI is InChI=1S/C15H27N5/c1-12(2)20-14(16-11-18-20)9-19-8-4-7-17-15(3,10-19)13-5-6-13/h11-13,17H,4-10H2,1-3H3. The Morgan fingerprint density at radius 2 is 2.25 bits per heavy atom. The largest absolute Gasteiger partial charge is 0.310 e. The van der Waals surface area contributed by atoms with Crippen molar-refractivity contribution in [3.05, 3.63) is 12.2 Å². The van der Waals surface area contributed by atoms with Crippen molar-refractivity contribution in [3.8, 4) is 0 Å². The van der Waals surface area contributed by atoms with Crippen LogP contribution in [-0.2, 0) is 6.54 Å². The molecule has 2 aliphatic rings. The Balaban J connectivity index is 1.70. The fourth-order valence-electron chi connectivity index (χ4n) is 3.42. The van der Waals surface area contributed by atoms with Crippen molar-refractivity contribution < 1.29 is 0 Å². The molecule has 1 atom stereocenters. The zero-order valence-electron chi connectivity index (χ0n) is 13.0. The molecule has 1 aromatic heterocycles. The second-order valence-corrected chi connectivity index (χ2v) is 6.90. The van der Waals surface area contributed by atoms with Crippen molar-refractivity contribution in [1.29, 1.82) is 0 Å². The smallest absolute Gasteiger partial charge is 0.141 e. The minimum absolute atomic E-state index is 0.291. The fourth-order valence-corrected chi connectivity index (χ4v) is 3.42. The van der Waals surface area contributed by atoms with Crippen LogP contribution < -0.4 is 5.32 Å². The van der Waals surface area contributed by atoms with Crippen molar-refractivity contribution in [2.24, 2.45) is 5.92 Å². The molecule has 1 aliphatic heterocycles. The Bertz CT molecular complexity index is 451. The maximum atomic E-state index is 4.46. The molecule has 1 saturated carbocycles. The molecule has 1 N–H and O–H groups in total. The molecule has 1 aromatic rings. The average molecular weight is 277 g/mol. The van der Waals surface area contributed by atoms with E-state index in [9.17, 15) is 0 Å². The third-order valence-electron chi connectivity index (χ3n) is 4.71. The Kier molecular flexibility index (Phi) is 3.82. The quantitative estimate of drug-likeness (QED) is 0.912. The van der Waals surface area contributed by atoms with E-state index in [-0.39, 0.29) is 0 Å². The molecule has 1 unspecified atom stereocenters. The van der Waals surface area contributed by atoms with Crippen LogP contribution in [0.5, 0.6) is 0 Å². The summed E-state index contributed by atoms with van der Waals surface area (Å²) in [5.41, 5.74) is 0.291. The molecule has 3 rings (SSSR count). The summed E-state index contributed by atoms with van der Waals surface area (Å²) < 4.78 is 2.05. The summed E-state index contributed by atoms with van der Waals surface area (Å²) in [5, 5.41) is 8.13. The van der Waals surface area contributed by atoms with Gasteiger partial charge in [-0.25, -0.2) is 9.67 Å². The summed E-state index contributed by atoms with van der Waals surface area (Å²) in [4.78, 5) is 7.02. The lowest BCUT2D eigenvalue weighted by atomic mass is 9.95. The summed E-state index contributed by atoms with van der Waals surface area (Å²) >= 11 is 0. The average Bonchev–Trinajstić information content (AvgIpc) is 3.17. The van der Waals surface area contributed by atoms with Gasteiger partial charge in [-0.15, -0.1) is 0 Å². The van der Waals surface area contributed by atoms with Gasteiger partial charge in [0, 0.05) is 18.1 Å². The number of hydrogen-bond acceptors (Lipinski definition) is 4. The number of rotatable bonds is 4. The van der Waals surface area contributed by atoms with Crippen LogP contribution in [0, 0.1) is 5.92 Å². The number of hydrogen-bond donors (Lipinski definition) is 1. The van der Waals surface area contributed by atoms with Gasteiger partial charge in [0.25, 0.3) is 0 Å². The van der Waals surface area contributed by atoms with Crippen LogP contribution in [0.25, 0.3) is 0 Å². The topological polar surface area (TPSA) is 46.0 Å². The van der Waals surface area contributed by atoms with Crippen LogP contribution in [0.15, 0.2) is 6.33 Å². The van der Waals surface area contributed by atoms with E-state index in [1.165, 1.54) is 19.3 Å². The Morgan fingerprint density at radius 1 is 1.45 bits per heavy atom. The molecule has 1 saturated heterocycles. The molecule has 0 amide bonds. The zero-order chi connectivity index (χ0) is 14.2. The van der Waals surface area contributed by atoms with Gasteiger partial charge in [-0.05, 0) is 59.0 Å². The monoisotopic (exact) mass is 277 g/mol. The van der Waals surface area contributed by atoms with Crippen molar-refractivity contribution in [3.63, 3.8) is 0 Å². The maximum Gasteiger partial charge on any atom is 0.141 e. The first kappa shape index (κ1) is 14.0. The van der Waals surface area contributed by atoms with E-state index < -0.39 is 0 Å². The lowest BCUT2D eigenvalue weighted by Gasteiger charge is -2.33. The molecule has 2 fully saturated rings. The van der Waals surface area contributed by atoms with E-state index in [0.29, 0.717) is 11.6 Å². The number of aromatic nitrogens is 3. The summed E-state index contributed by atoms with van der Waals surface area (Å²) in [6.07, 6.45) is 5.68. The van der Waals surface area contributed by atoms with Crippen molar-refractivity contribution in [2.75, 3.05) is 19.6 Å². The minimum Gasteiger partial charge on any atom is -0.310 e. The van der Waals surface area contributed by atoms with Gasteiger partial charge in [-0.3, -0.25) is 4.90 Å². The minimum atomic E-state index is 0.291.